The number of morpholine rings is 1. The molecule has 0 bridgehead atoms. The summed E-state index contributed by atoms with van der Waals surface area (Å²) < 4.78 is 19.3. The summed E-state index contributed by atoms with van der Waals surface area (Å²) in [7, 11) is 0. The van der Waals surface area contributed by atoms with Crippen molar-refractivity contribution in [2.45, 2.75) is 38.6 Å². The van der Waals surface area contributed by atoms with Gasteiger partial charge in [-0.05, 0) is 29.7 Å². The molecule has 2 aromatic carbocycles. The van der Waals surface area contributed by atoms with Gasteiger partial charge in [0.25, 0.3) is 5.91 Å². The molecule has 3 heterocycles. The Morgan fingerprint density at radius 1 is 1.06 bits per heavy atom. The third-order valence-corrected chi connectivity index (χ3v) is 6.33. The van der Waals surface area contributed by atoms with Crippen molar-refractivity contribution in [1.29, 1.82) is 0 Å². The first kappa shape index (κ1) is 20.4. The van der Waals surface area contributed by atoms with Gasteiger partial charge in [0.1, 0.15) is 18.4 Å². The Morgan fingerprint density at radius 3 is 2.61 bits per heavy atom. The number of nitrogens with one attached hydrogen (secondary N) is 1. The lowest BCUT2D eigenvalue weighted by Gasteiger charge is -2.29. The maximum absolute atomic E-state index is 13.0. The molecule has 3 amide bonds. The van der Waals surface area contributed by atoms with E-state index in [0.717, 1.165) is 44.0 Å². The standard InChI is InChI=1S/C25H27N3O5/c29-23-9-8-21(24(30)26-23)28-15-20-19(25(28)31)2-1-3-22(20)33-16-18-6-4-17(5-7-18)14-27-10-12-32-13-11-27/h1-7,21H,8-16H2,(H,26,29,30)/i9D. The lowest BCUT2D eigenvalue weighted by Crippen LogP contribution is -2.52. The van der Waals surface area contributed by atoms with Crippen LogP contribution in [0.15, 0.2) is 42.5 Å². The van der Waals surface area contributed by atoms with E-state index in [2.05, 4.69) is 22.3 Å². The van der Waals surface area contributed by atoms with E-state index in [1.54, 1.807) is 12.1 Å². The van der Waals surface area contributed by atoms with Gasteiger partial charge in [0, 0.05) is 38.5 Å². The zero-order valence-electron chi connectivity index (χ0n) is 19.3. The molecule has 2 saturated heterocycles. The Hall–Kier alpha value is -3.23. The first-order valence-electron chi connectivity index (χ1n) is 11.8. The number of fused-ring (bicyclic) bond motifs is 1. The monoisotopic (exact) mass is 450 g/mol. The van der Waals surface area contributed by atoms with Crippen LogP contribution in [-0.2, 0) is 34.0 Å². The van der Waals surface area contributed by atoms with Gasteiger partial charge in [-0.3, -0.25) is 24.6 Å². The Bertz CT molecular complexity index is 1100. The van der Waals surface area contributed by atoms with Crippen LogP contribution in [0, 0.1) is 0 Å². The Labute approximate surface area is 193 Å². The van der Waals surface area contributed by atoms with Gasteiger partial charge < -0.3 is 14.4 Å². The molecule has 2 unspecified atom stereocenters. The van der Waals surface area contributed by atoms with E-state index in [-0.39, 0.29) is 18.9 Å². The molecule has 1 N–H and O–H groups in total. The number of piperidine rings is 1. The summed E-state index contributed by atoms with van der Waals surface area (Å²) in [5.41, 5.74) is 3.48. The number of hydrogen-bond donors (Lipinski definition) is 1. The highest BCUT2D eigenvalue weighted by Crippen LogP contribution is 2.34. The minimum Gasteiger partial charge on any atom is -0.489 e. The molecule has 0 spiro atoms. The minimum atomic E-state index is -1.07. The van der Waals surface area contributed by atoms with Crippen molar-refractivity contribution in [2.24, 2.45) is 0 Å². The molecule has 33 heavy (non-hydrogen) atoms. The van der Waals surface area contributed by atoms with Crippen LogP contribution in [0.3, 0.4) is 0 Å². The maximum atomic E-state index is 13.0. The molecule has 3 aliphatic rings. The highest BCUT2D eigenvalue weighted by Gasteiger charge is 2.40. The number of carbonyl (C=O) groups is 3. The van der Waals surface area contributed by atoms with Crippen molar-refractivity contribution in [2.75, 3.05) is 26.3 Å². The van der Waals surface area contributed by atoms with E-state index in [4.69, 9.17) is 10.8 Å². The van der Waals surface area contributed by atoms with Gasteiger partial charge in [-0.25, -0.2) is 0 Å². The van der Waals surface area contributed by atoms with Gasteiger partial charge >= 0.3 is 0 Å². The minimum absolute atomic E-state index is 0.00259. The summed E-state index contributed by atoms with van der Waals surface area (Å²) in [5.74, 6) is -0.838. The van der Waals surface area contributed by atoms with Crippen LogP contribution in [0.4, 0.5) is 0 Å². The average Bonchev–Trinajstić information content (AvgIpc) is 3.18. The fourth-order valence-electron chi connectivity index (χ4n) is 4.48. The highest BCUT2D eigenvalue weighted by atomic mass is 16.5. The highest BCUT2D eigenvalue weighted by molar-refractivity contribution is 6.05. The Kier molecular flexibility index (Phi) is 5.76. The van der Waals surface area contributed by atoms with E-state index < -0.39 is 24.3 Å². The molecule has 0 aliphatic carbocycles. The summed E-state index contributed by atoms with van der Waals surface area (Å²) in [6.07, 6.45) is -1.07. The van der Waals surface area contributed by atoms with Crippen molar-refractivity contribution in [3.63, 3.8) is 0 Å². The molecule has 2 atom stereocenters. The second-order valence-corrected chi connectivity index (χ2v) is 8.52. The first-order chi connectivity index (χ1) is 16.5. The fourth-order valence-corrected chi connectivity index (χ4v) is 4.48. The van der Waals surface area contributed by atoms with Gasteiger partial charge in [-0.15, -0.1) is 0 Å². The molecule has 0 aromatic heterocycles. The zero-order valence-corrected chi connectivity index (χ0v) is 18.3. The first-order valence-corrected chi connectivity index (χ1v) is 11.2. The molecule has 172 valence electrons. The van der Waals surface area contributed by atoms with Crippen LogP contribution in [0.5, 0.6) is 5.75 Å². The topological polar surface area (TPSA) is 88.2 Å². The molecule has 0 radical (unpaired) electrons. The second kappa shape index (κ2) is 9.33. The molecule has 3 aliphatic heterocycles. The van der Waals surface area contributed by atoms with Crippen molar-refractivity contribution in [3.8, 4) is 5.75 Å². The van der Waals surface area contributed by atoms with E-state index in [0.29, 0.717) is 17.9 Å². The molecular weight excluding hydrogens is 422 g/mol. The molecule has 5 rings (SSSR count). The summed E-state index contributed by atoms with van der Waals surface area (Å²) in [6, 6.07) is 12.8. The number of hydrogen-bond acceptors (Lipinski definition) is 6. The third kappa shape index (κ3) is 4.62. The third-order valence-electron chi connectivity index (χ3n) is 6.33. The van der Waals surface area contributed by atoms with Gasteiger partial charge in [-0.1, -0.05) is 30.3 Å². The Balaban J connectivity index is 1.24. The molecule has 2 aromatic rings. The van der Waals surface area contributed by atoms with Crippen LogP contribution in [0.2, 0.25) is 0 Å². The number of ether oxygens (including phenoxy) is 2. The summed E-state index contributed by atoms with van der Waals surface area (Å²) >= 11 is 0. The van der Waals surface area contributed by atoms with Gasteiger partial charge in [0.15, 0.2) is 0 Å². The quantitative estimate of drug-likeness (QED) is 0.676. The van der Waals surface area contributed by atoms with Crippen LogP contribution >= 0.6 is 0 Å². The van der Waals surface area contributed by atoms with E-state index in [1.807, 2.05) is 18.2 Å². The van der Waals surface area contributed by atoms with Crippen LogP contribution in [-0.4, -0.2) is 59.9 Å². The smallest absolute Gasteiger partial charge is 0.255 e. The van der Waals surface area contributed by atoms with Gasteiger partial charge in [0.2, 0.25) is 11.8 Å². The van der Waals surface area contributed by atoms with E-state index in [1.165, 1.54) is 10.5 Å². The predicted octanol–water partition coefficient (Wildman–Crippen LogP) is 1.86. The summed E-state index contributed by atoms with van der Waals surface area (Å²) in [6.45, 7) is 4.91. The largest absolute Gasteiger partial charge is 0.489 e. The number of rotatable bonds is 6. The number of nitrogens with zero attached hydrogens (tertiary/aromatic N) is 2. The zero-order chi connectivity index (χ0) is 23.7. The van der Waals surface area contributed by atoms with Crippen molar-refractivity contribution >= 4 is 17.7 Å². The maximum Gasteiger partial charge on any atom is 0.255 e. The lowest BCUT2D eigenvalue weighted by atomic mass is 10.0. The summed E-state index contributed by atoms with van der Waals surface area (Å²) in [5, 5.41) is 2.20. The van der Waals surface area contributed by atoms with Crippen LogP contribution in [0.1, 0.15) is 41.2 Å². The molecule has 8 nitrogen and oxygen atoms in total. The van der Waals surface area contributed by atoms with Crippen LogP contribution in [0.25, 0.3) is 0 Å². The van der Waals surface area contributed by atoms with E-state index >= 15 is 0 Å². The van der Waals surface area contributed by atoms with Gasteiger partial charge in [-0.2, -0.15) is 0 Å². The number of amides is 3. The number of benzene rings is 2. The van der Waals surface area contributed by atoms with E-state index in [9.17, 15) is 14.4 Å². The van der Waals surface area contributed by atoms with Gasteiger partial charge in [0.05, 0.1) is 19.8 Å². The lowest BCUT2D eigenvalue weighted by molar-refractivity contribution is -0.136. The van der Waals surface area contributed by atoms with Crippen LogP contribution < -0.4 is 10.1 Å². The normalized spacial score (nSPS) is 23.8. The molecular formula is C25H27N3O5. The number of carbonyl (C=O) groups excluding carboxylic acids is 3. The molecule has 0 saturated carbocycles. The second-order valence-electron chi connectivity index (χ2n) is 8.52. The Morgan fingerprint density at radius 2 is 1.82 bits per heavy atom. The number of imide groups is 1. The van der Waals surface area contributed by atoms with Crippen molar-refractivity contribution < 1.29 is 25.2 Å². The summed E-state index contributed by atoms with van der Waals surface area (Å²) in [4.78, 5) is 40.7. The fraction of sp³-hybridized carbons (Fsp3) is 0.400. The molecule has 2 fully saturated rings. The predicted molar refractivity (Wildman–Crippen MR) is 119 cm³/mol. The van der Waals surface area contributed by atoms with Crippen molar-refractivity contribution in [1.82, 2.24) is 15.1 Å². The SMILES string of the molecule is [2H]C1CC(N2Cc3c(OCc4ccc(CN5CCOCC5)cc4)cccc3C2=O)C(=O)NC1=O. The van der Waals surface area contributed by atoms with Crippen molar-refractivity contribution in [3.05, 3.63) is 64.7 Å². The average molecular weight is 451 g/mol. The molecule has 8 heteroatoms.